The highest BCUT2D eigenvalue weighted by molar-refractivity contribution is 9.10. The number of piperidine rings is 1. The average molecular weight is 367 g/mol. The maximum Gasteiger partial charge on any atom is 0.223 e. The van der Waals surface area contributed by atoms with Gasteiger partial charge in [-0.25, -0.2) is 0 Å². The molecule has 1 aromatic carbocycles. The first-order valence-electron chi connectivity index (χ1n) is 8.23. The third kappa shape index (κ3) is 5.10. The molecule has 0 radical (unpaired) electrons. The summed E-state index contributed by atoms with van der Waals surface area (Å²) in [5.41, 5.74) is 1.33. The van der Waals surface area contributed by atoms with E-state index in [0.717, 1.165) is 36.9 Å². The lowest BCUT2D eigenvalue weighted by Gasteiger charge is -2.32. The van der Waals surface area contributed by atoms with Crippen molar-refractivity contribution in [1.29, 1.82) is 0 Å². The SMILES string of the molecule is CC(C)[C@@H](C)NC(=O)C1CCN(Cc2ccc(Br)cc2)CC1. The largest absolute Gasteiger partial charge is 0.353 e. The van der Waals surface area contributed by atoms with E-state index in [-0.39, 0.29) is 17.9 Å². The standard InChI is InChI=1S/C18H27BrN2O/c1-13(2)14(3)20-18(22)16-8-10-21(11-9-16)12-15-4-6-17(19)7-5-15/h4-7,13-14,16H,8-12H2,1-3H3,(H,20,22)/t14-/m1/s1. The molecule has 1 heterocycles. The van der Waals surface area contributed by atoms with Crippen LogP contribution in [0, 0.1) is 11.8 Å². The smallest absolute Gasteiger partial charge is 0.223 e. The van der Waals surface area contributed by atoms with Gasteiger partial charge in [-0.3, -0.25) is 9.69 Å². The van der Waals surface area contributed by atoms with Gasteiger partial charge in [-0.1, -0.05) is 41.9 Å². The van der Waals surface area contributed by atoms with Crippen LogP contribution in [0.2, 0.25) is 0 Å². The Bertz CT molecular complexity index is 478. The van der Waals surface area contributed by atoms with Gasteiger partial charge >= 0.3 is 0 Å². The number of rotatable bonds is 5. The van der Waals surface area contributed by atoms with Gasteiger partial charge in [0.1, 0.15) is 0 Å². The van der Waals surface area contributed by atoms with Crippen molar-refractivity contribution in [3.05, 3.63) is 34.3 Å². The lowest BCUT2D eigenvalue weighted by Crippen LogP contribution is -2.44. The Morgan fingerprint density at radius 1 is 1.23 bits per heavy atom. The number of benzene rings is 1. The molecule has 0 unspecified atom stereocenters. The quantitative estimate of drug-likeness (QED) is 0.858. The van der Waals surface area contributed by atoms with Crippen LogP contribution in [0.5, 0.6) is 0 Å². The molecule has 4 heteroatoms. The zero-order valence-electron chi connectivity index (χ0n) is 13.8. The van der Waals surface area contributed by atoms with Crippen LogP contribution >= 0.6 is 15.9 Å². The van der Waals surface area contributed by atoms with Gasteiger partial charge in [0, 0.05) is 23.0 Å². The van der Waals surface area contributed by atoms with Crippen LogP contribution in [0.25, 0.3) is 0 Å². The van der Waals surface area contributed by atoms with E-state index in [4.69, 9.17) is 0 Å². The summed E-state index contributed by atoms with van der Waals surface area (Å²) in [5.74, 6) is 0.910. The molecule has 0 aliphatic carbocycles. The summed E-state index contributed by atoms with van der Waals surface area (Å²) in [5, 5.41) is 3.16. The van der Waals surface area contributed by atoms with Crippen molar-refractivity contribution in [2.45, 2.75) is 46.2 Å². The second kappa shape index (κ2) is 8.11. The molecule has 1 saturated heterocycles. The zero-order valence-corrected chi connectivity index (χ0v) is 15.4. The zero-order chi connectivity index (χ0) is 16.1. The lowest BCUT2D eigenvalue weighted by atomic mass is 9.94. The highest BCUT2D eigenvalue weighted by Gasteiger charge is 2.26. The summed E-state index contributed by atoms with van der Waals surface area (Å²) in [6.45, 7) is 9.36. The summed E-state index contributed by atoms with van der Waals surface area (Å²) in [6.07, 6.45) is 1.93. The topological polar surface area (TPSA) is 32.3 Å². The fourth-order valence-electron chi connectivity index (χ4n) is 2.71. The van der Waals surface area contributed by atoms with Gasteiger partial charge in [-0.15, -0.1) is 0 Å². The van der Waals surface area contributed by atoms with Crippen molar-refractivity contribution in [2.24, 2.45) is 11.8 Å². The predicted molar refractivity (Wildman–Crippen MR) is 94.6 cm³/mol. The van der Waals surface area contributed by atoms with Crippen molar-refractivity contribution in [3.8, 4) is 0 Å². The maximum atomic E-state index is 12.3. The normalized spacial score (nSPS) is 18.4. The predicted octanol–water partition coefficient (Wildman–Crippen LogP) is 3.82. The summed E-state index contributed by atoms with van der Waals surface area (Å²) in [4.78, 5) is 14.7. The van der Waals surface area contributed by atoms with Gasteiger partial charge in [-0.05, 0) is 56.5 Å². The molecule has 3 nitrogen and oxygen atoms in total. The molecule has 0 aromatic heterocycles. The monoisotopic (exact) mass is 366 g/mol. The fourth-order valence-corrected chi connectivity index (χ4v) is 2.97. The van der Waals surface area contributed by atoms with Crippen LogP contribution in [0.15, 0.2) is 28.7 Å². The molecule has 0 spiro atoms. The van der Waals surface area contributed by atoms with Gasteiger partial charge in [0.25, 0.3) is 0 Å². The van der Waals surface area contributed by atoms with Crippen LogP contribution < -0.4 is 5.32 Å². The van der Waals surface area contributed by atoms with Crippen LogP contribution in [0.1, 0.15) is 39.2 Å². The minimum atomic E-state index is 0.183. The highest BCUT2D eigenvalue weighted by Crippen LogP contribution is 2.20. The van der Waals surface area contributed by atoms with Crippen LogP contribution in [0.4, 0.5) is 0 Å². The summed E-state index contributed by atoms with van der Waals surface area (Å²) >= 11 is 3.47. The van der Waals surface area contributed by atoms with E-state index in [9.17, 15) is 4.79 Å². The number of hydrogen-bond donors (Lipinski definition) is 1. The number of carbonyl (C=O) groups is 1. The molecule has 1 aromatic rings. The lowest BCUT2D eigenvalue weighted by molar-refractivity contribution is -0.127. The van der Waals surface area contributed by atoms with Crippen molar-refractivity contribution in [1.82, 2.24) is 10.2 Å². The molecule has 22 heavy (non-hydrogen) atoms. The molecule has 1 aliphatic rings. The van der Waals surface area contributed by atoms with E-state index < -0.39 is 0 Å². The Morgan fingerprint density at radius 3 is 2.36 bits per heavy atom. The number of nitrogens with zero attached hydrogens (tertiary/aromatic N) is 1. The minimum Gasteiger partial charge on any atom is -0.353 e. The highest BCUT2D eigenvalue weighted by atomic mass is 79.9. The number of carbonyl (C=O) groups excluding carboxylic acids is 1. The Kier molecular flexibility index (Phi) is 6.45. The second-order valence-corrected chi connectivity index (χ2v) is 7.63. The van der Waals surface area contributed by atoms with Gasteiger partial charge in [-0.2, -0.15) is 0 Å². The third-order valence-electron chi connectivity index (χ3n) is 4.65. The number of halogens is 1. The minimum absolute atomic E-state index is 0.183. The molecular formula is C18H27BrN2O. The Morgan fingerprint density at radius 2 is 1.82 bits per heavy atom. The second-order valence-electron chi connectivity index (χ2n) is 6.72. The Hall–Kier alpha value is -0.870. The molecule has 1 aliphatic heterocycles. The molecule has 1 fully saturated rings. The average Bonchev–Trinajstić information content (AvgIpc) is 2.50. The Labute approximate surface area is 142 Å². The van der Waals surface area contributed by atoms with Crippen molar-refractivity contribution in [2.75, 3.05) is 13.1 Å². The summed E-state index contributed by atoms with van der Waals surface area (Å²) < 4.78 is 1.12. The molecule has 1 amide bonds. The van der Waals surface area contributed by atoms with E-state index >= 15 is 0 Å². The van der Waals surface area contributed by atoms with Gasteiger partial charge in [0.2, 0.25) is 5.91 Å². The molecule has 1 N–H and O–H groups in total. The van der Waals surface area contributed by atoms with Gasteiger partial charge < -0.3 is 5.32 Å². The van der Waals surface area contributed by atoms with Crippen molar-refractivity contribution < 1.29 is 4.79 Å². The van der Waals surface area contributed by atoms with Gasteiger partial charge in [0.05, 0.1) is 0 Å². The molecule has 2 rings (SSSR count). The Balaban J connectivity index is 1.77. The first-order chi connectivity index (χ1) is 10.5. The van der Waals surface area contributed by atoms with E-state index in [1.54, 1.807) is 0 Å². The van der Waals surface area contributed by atoms with Crippen molar-refractivity contribution >= 4 is 21.8 Å². The number of hydrogen-bond acceptors (Lipinski definition) is 2. The maximum absolute atomic E-state index is 12.3. The number of nitrogens with one attached hydrogen (secondary N) is 1. The number of likely N-dealkylation sites (tertiary alicyclic amines) is 1. The van der Waals surface area contributed by atoms with Crippen LogP contribution in [-0.4, -0.2) is 29.9 Å². The third-order valence-corrected chi connectivity index (χ3v) is 5.18. The molecule has 0 bridgehead atoms. The van der Waals surface area contributed by atoms with E-state index in [1.165, 1.54) is 5.56 Å². The summed E-state index contributed by atoms with van der Waals surface area (Å²) in [6, 6.07) is 8.75. The molecule has 0 saturated carbocycles. The molecule has 122 valence electrons. The first-order valence-corrected chi connectivity index (χ1v) is 9.02. The summed E-state index contributed by atoms with van der Waals surface area (Å²) in [7, 11) is 0. The first kappa shape index (κ1) is 17.5. The fraction of sp³-hybridized carbons (Fsp3) is 0.611. The van der Waals surface area contributed by atoms with Gasteiger partial charge in [0.15, 0.2) is 0 Å². The molecule has 1 atom stereocenters. The van der Waals surface area contributed by atoms with Crippen LogP contribution in [0.3, 0.4) is 0 Å². The van der Waals surface area contributed by atoms with Crippen molar-refractivity contribution in [3.63, 3.8) is 0 Å². The number of amides is 1. The van der Waals surface area contributed by atoms with E-state index in [1.807, 2.05) is 0 Å². The van der Waals surface area contributed by atoms with E-state index in [2.05, 4.69) is 71.2 Å². The molecular weight excluding hydrogens is 340 g/mol. The van der Waals surface area contributed by atoms with Crippen LogP contribution in [-0.2, 0) is 11.3 Å². The van der Waals surface area contributed by atoms with E-state index in [0.29, 0.717) is 5.92 Å².